The molecule has 0 amide bonds. The maximum absolute atomic E-state index is 5.41. The maximum Gasteiger partial charge on any atom is 0.00861 e. The van der Waals surface area contributed by atoms with Crippen molar-refractivity contribution < 1.29 is 0 Å². The second-order valence-electron chi connectivity index (χ2n) is 7.49. The fourth-order valence-electron chi connectivity index (χ4n) is 3.61. The van der Waals surface area contributed by atoms with E-state index in [9.17, 15) is 0 Å². The summed E-state index contributed by atoms with van der Waals surface area (Å²) in [6, 6.07) is 0. The lowest BCUT2D eigenvalue weighted by Gasteiger charge is -2.38. The van der Waals surface area contributed by atoms with Gasteiger partial charge in [-0.25, -0.2) is 0 Å². The van der Waals surface area contributed by atoms with Crippen LogP contribution in [0.25, 0.3) is 0 Å². The van der Waals surface area contributed by atoms with E-state index < -0.39 is 0 Å². The molecule has 1 nitrogen and oxygen atoms in total. The fraction of sp³-hybridized carbons (Fsp3) is 0.895. The van der Waals surface area contributed by atoms with Gasteiger partial charge in [-0.2, -0.15) is 0 Å². The van der Waals surface area contributed by atoms with Crippen molar-refractivity contribution >= 4 is 0 Å². The number of unbranched alkanes of at least 4 members (excludes halogenated alkanes) is 1. The molecule has 1 heteroatoms. The van der Waals surface area contributed by atoms with Crippen molar-refractivity contribution in [2.45, 2.75) is 66.2 Å². The Bertz CT molecular complexity index is 285. The first-order valence-electron chi connectivity index (χ1n) is 8.68. The van der Waals surface area contributed by atoms with Crippen LogP contribution in [0.2, 0.25) is 0 Å². The Kier molecular flexibility index (Phi) is 8.31. The normalized spacial score (nSPS) is 26.9. The fourth-order valence-corrected chi connectivity index (χ4v) is 3.61. The van der Waals surface area contributed by atoms with Crippen LogP contribution in [0.15, 0.2) is 0 Å². The summed E-state index contributed by atoms with van der Waals surface area (Å²) in [7, 11) is 0. The lowest BCUT2D eigenvalue weighted by molar-refractivity contribution is 0.136. The molecule has 3 unspecified atom stereocenters. The van der Waals surface area contributed by atoms with Crippen LogP contribution in [0.1, 0.15) is 66.2 Å². The van der Waals surface area contributed by atoms with E-state index in [1.54, 1.807) is 0 Å². The highest BCUT2D eigenvalue weighted by molar-refractivity contribution is 4.86. The van der Waals surface area contributed by atoms with Crippen molar-refractivity contribution in [1.29, 1.82) is 0 Å². The number of terminal acetylenes is 1. The van der Waals surface area contributed by atoms with Crippen LogP contribution in [0.4, 0.5) is 0 Å². The van der Waals surface area contributed by atoms with Crippen molar-refractivity contribution in [3.05, 3.63) is 0 Å². The quantitative estimate of drug-likeness (QED) is 0.500. The van der Waals surface area contributed by atoms with Gasteiger partial charge in [0.05, 0.1) is 0 Å². The van der Waals surface area contributed by atoms with Gasteiger partial charge in [0.2, 0.25) is 0 Å². The first-order chi connectivity index (χ1) is 9.54. The molecule has 1 fully saturated rings. The molecule has 0 spiro atoms. The third-order valence-corrected chi connectivity index (χ3v) is 4.98. The zero-order valence-electron chi connectivity index (χ0n) is 14.1. The molecular weight excluding hydrogens is 242 g/mol. The number of nitrogens with one attached hydrogen (secondary N) is 1. The van der Waals surface area contributed by atoms with Gasteiger partial charge in [0.25, 0.3) is 0 Å². The summed E-state index contributed by atoms with van der Waals surface area (Å²) in [5.74, 6) is 7.10. The molecule has 0 aromatic heterocycles. The smallest absolute Gasteiger partial charge is 0.00861 e. The van der Waals surface area contributed by atoms with Crippen LogP contribution in [-0.4, -0.2) is 13.1 Å². The summed E-state index contributed by atoms with van der Waals surface area (Å²) < 4.78 is 0. The molecule has 1 aliphatic rings. The van der Waals surface area contributed by atoms with E-state index in [0.29, 0.717) is 0 Å². The van der Waals surface area contributed by atoms with Gasteiger partial charge in [-0.1, -0.05) is 27.7 Å². The van der Waals surface area contributed by atoms with E-state index in [2.05, 4.69) is 38.9 Å². The minimum atomic E-state index is 0.752. The Morgan fingerprint density at radius 1 is 1.15 bits per heavy atom. The maximum atomic E-state index is 5.41. The molecule has 0 saturated heterocycles. The molecule has 1 aliphatic carbocycles. The van der Waals surface area contributed by atoms with Gasteiger partial charge in [-0.15, -0.1) is 12.3 Å². The van der Waals surface area contributed by atoms with E-state index in [0.717, 1.165) is 42.6 Å². The van der Waals surface area contributed by atoms with Crippen molar-refractivity contribution in [3.63, 3.8) is 0 Å². The first kappa shape index (κ1) is 17.6. The van der Waals surface area contributed by atoms with Gasteiger partial charge in [-0.05, 0) is 74.8 Å². The van der Waals surface area contributed by atoms with Gasteiger partial charge in [0.15, 0.2) is 0 Å². The average Bonchev–Trinajstić information content (AvgIpc) is 2.39. The summed E-state index contributed by atoms with van der Waals surface area (Å²) in [5, 5.41) is 3.68. The number of hydrogen-bond donors (Lipinski definition) is 1. The zero-order valence-corrected chi connectivity index (χ0v) is 14.1. The average molecular weight is 277 g/mol. The highest BCUT2D eigenvalue weighted by Gasteiger charge is 2.31. The highest BCUT2D eigenvalue weighted by atomic mass is 14.9. The molecule has 3 atom stereocenters. The summed E-state index contributed by atoms with van der Waals surface area (Å²) >= 11 is 0. The molecule has 20 heavy (non-hydrogen) atoms. The molecule has 0 heterocycles. The summed E-state index contributed by atoms with van der Waals surface area (Å²) in [6.07, 6.45) is 13.2. The van der Waals surface area contributed by atoms with Gasteiger partial charge in [-0.3, -0.25) is 0 Å². The molecule has 116 valence electrons. The Morgan fingerprint density at radius 2 is 1.90 bits per heavy atom. The Hall–Kier alpha value is -0.480. The Balaban J connectivity index is 2.45. The van der Waals surface area contributed by atoms with Crippen molar-refractivity contribution in [1.82, 2.24) is 5.32 Å². The predicted molar refractivity (Wildman–Crippen MR) is 89.6 cm³/mol. The molecule has 1 rings (SSSR count). The van der Waals surface area contributed by atoms with Crippen LogP contribution in [0, 0.1) is 41.9 Å². The monoisotopic (exact) mass is 277 g/mol. The van der Waals surface area contributed by atoms with Crippen LogP contribution >= 0.6 is 0 Å². The molecule has 0 aromatic rings. The molecule has 0 bridgehead atoms. The van der Waals surface area contributed by atoms with E-state index in [4.69, 9.17) is 6.42 Å². The second-order valence-corrected chi connectivity index (χ2v) is 7.49. The van der Waals surface area contributed by atoms with Crippen LogP contribution in [0.5, 0.6) is 0 Å². The Labute approximate surface area is 127 Å². The Morgan fingerprint density at radius 3 is 2.50 bits per heavy atom. The lowest BCUT2D eigenvalue weighted by atomic mass is 9.69. The van der Waals surface area contributed by atoms with Gasteiger partial charge >= 0.3 is 0 Å². The summed E-state index contributed by atoms with van der Waals surface area (Å²) in [5.41, 5.74) is 0. The molecule has 1 N–H and O–H groups in total. The van der Waals surface area contributed by atoms with Crippen LogP contribution in [-0.2, 0) is 0 Å². The van der Waals surface area contributed by atoms with Gasteiger partial charge in [0.1, 0.15) is 0 Å². The van der Waals surface area contributed by atoms with E-state index in [-0.39, 0.29) is 0 Å². The van der Waals surface area contributed by atoms with Crippen LogP contribution < -0.4 is 5.32 Å². The molecular formula is C19H35N. The van der Waals surface area contributed by atoms with E-state index in [1.165, 1.54) is 38.6 Å². The minimum absolute atomic E-state index is 0.752. The lowest BCUT2D eigenvalue weighted by Crippen LogP contribution is -2.35. The number of hydrogen-bond acceptors (Lipinski definition) is 1. The standard InChI is InChI=1S/C19H35N/c1-6-7-8-9-18-12-17(16(4)5)10-11-19(18)14-20-13-15(2)3/h1,15-20H,7-14H2,2-5H3. The van der Waals surface area contributed by atoms with Gasteiger partial charge in [0, 0.05) is 6.42 Å². The molecule has 0 aromatic carbocycles. The zero-order chi connectivity index (χ0) is 15.0. The minimum Gasteiger partial charge on any atom is -0.316 e. The topological polar surface area (TPSA) is 12.0 Å². The van der Waals surface area contributed by atoms with E-state index >= 15 is 0 Å². The first-order valence-corrected chi connectivity index (χ1v) is 8.68. The molecule has 1 saturated carbocycles. The second kappa shape index (κ2) is 9.46. The van der Waals surface area contributed by atoms with E-state index in [1.807, 2.05) is 0 Å². The highest BCUT2D eigenvalue weighted by Crippen LogP contribution is 2.39. The van der Waals surface area contributed by atoms with Crippen LogP contribution in [0.3, 0.4) is 0 Å². The molecule has 0 radical (unpaired) electrons. The third-order valence-electron chi connectivity index (χ3n) is 4.98. The summed E-state index contributed by atoms with van der Waals surface area (Å²) in [6.45, 7) is 11.7. The van der Waals surface area contributed by atoms with Gasteiger partial charge < -0.3 is 5.32 Å². The molecule has 0 aliphatic heterocycles. The van der Waals surface area contributed by atoms with Crippen molar-refractivity contribution in [3.8, 4) is 12.3 Å². The predicted octanol–water partition coefficient (Wildman–Crippen LogP) is 4.72. The van der Waals surface area contributed by atoms with Crippen molar-refractivity contribution in [2.24, 2.45) is 29.6 Å². The van der Waals surface area contributed by atoms with Crippen molar-refractivity contribution in [2.75, 3.05) is 13.1 Å². The third kappa shape index (κ3) is 6.31. The number of rotatable bonds is 8. The largest absolute Gasteiger partial charge is 0.316 e. The summed E-state index contributed by atoms with van der Waals surface area (Å²) in [4.78, 5) is 0. The SMILES string of the molecule is C#CCCCC1CC(C(C)C)CCC1CNCC(C)C.